The van der Waals surface area contributed by atoms with Crippen molar-refractivity contribution in [1.82, 2.24) is 9.13 Å². The molecule has 0 fully saturated rings. The Labute approximate surface area is 108 Å². The van der Waals surface area contributed by atoms with Gasteiger partial charge in [0.25, 0.3) is 0 Å². The molecular formula is C10H13N5O4. The van der Waals surface area contributed by atoms with E-state index in [-0.39, 0.29) is 5.82 Å². The number of nitriles is 1. The summed E-state index contributed by atoms with van der Waals surface area (Å²) in [4.78, 5) is 35.0. The van der Waals surface area contributed by atoms with Gasteiger partial charge in [-0.2, -0.15) is 5.26 Å². The Balaban J connectivity index is 3.83. The largest absolute Gasteiger partial charge is 0.374 e. The molecule has 0 unspecified atom stereocenters. The molecule has 102 valence electrons. The van der Waals surface area contributed by atoms with Gasteiger partial charge in [-0.3, -0.25) is 24.0 Å². The van der Waals surface area contributed by atoms with Crippen molar-refractivity contribution in [1.29, 1.82) is 5.26 Å². The van der Waals surface area contributed by atoms with Gasteiger partial charge in [0, 0.05) is 21.1 Å². The van der Waals surface area contributed by atoms with Gasteiger partial charge in [-0.25, -0.2) is 4.79 Å². The van der Waals surface area contributed by atoms with Crippen molar-refractivity contribution >= 4 is 11.5 Å². The first-order valence-electron chi connectivity index (χ1n) is 5.30. The highest BCUT2D eigenvalue weighted by Gasteiger charge is 2.29. The molecule has 1 aromatic rings. The fourth-order valence-electron chi connectivity index (χ4n) is 1.65. The van der Waals surface area contributed by atoms with Gasteiger partial charge >= 0.3 is 16.9 Å². The lowest BCUT2D eigenvalue weighted by atomic mass is 10.3. The molecule has 0 N–H and O–H groups in total. The van der Waals surface area contributed by atoms with Crippen LogP contribution in [-0.2, 0) is 14.1 Å². The predicted octanol–water partition coefficient (Wildman–Crippen LogP) is -0.660. The average Bonchev–Trinajstić information content (AvgIpc) is 2.37. The Morgan fingerprint density at radius 3 is 2.32 bits per heavy atom. The standard InChI is InChI=1S/C10H13N5O4/c1-6(5-11)12(2)8-7(15(18)19)9(16)14(4)10(17)13(8)3/h6H,1-4H3/t6-/m0/s1. The van der Waals surface area contributed by atoms with Crippen LogP contribution in [-0.4, -0.2) is 27.1 Å². The van der Waals surface area contributed by atoms with Crippen molar-refractivity contribution in [3.8, 4) is 6.07 Å². The second-order valence-corrected chi connectivity index (χ2v) is 4.05. The average molecular weight is 267 g/mol. The molecule has 1 aromatic heterocycles. The Morgan fingerprint density at radius 1 is 1.37 bits per heavy atom. The summed E-state index contributed by atoms with van der Waals surface area (Å²) in [6.07, 6.45) is 0. The highest BCUT2D eigenvalue weighted by atomic mass is 16.6. The van der Waals surface area contributed by atoms with E-state index in [4.69, 9.17) is 5.26 Å². The second-order valence-electron chi connectivity index (χ2n) is 4.05. The third kappa shape index (κ3) is 2.20. The van der Waals surface area contributed by atoms with Crippen LogP contribution in [0.1, 0.15) is 6.92 Å². The van der Waals surface area contributed by atoms with Crippen molar-refractivity contribution in [3.63, 3.8) is 0 Å². The Kier molecular flexibility index (Phi) is 3.75. The Morgan fingerprint density at radius 2 is 1.89 bits per heavy atom. The lowest BCUT2D eigenvalue weighted by Crippen LogP contribution is -2.43. The molecule has 0 aliphatic heterocycles. The van der Waals surface area contributed by atoms with E-state index in [0.29, 0.717) is 4.57 Å². The number of hydrogen-bond donors (Lipinski definition) is 0. The van der Waals surface area contributed by atoms with Crippen molar-refractivity contribution < 1.29 is 4.92 Å². The van der Waals surface area contributed by atoms with Gasteiger partial charge in [-0.05, 0) is 6.92 Å². The van der Waals surface area contributed by atoms with E-state index in [9.17, 15) is 19.7 Å². The Hall–Kier alpha value is -2.63. The zero-order valence-corrected chi connectivity index (χ0v) is 10.9. The predicted molar refractivity (Wildman–Crippen MR) is 67.1 cm³/mol. The van der Waals surface area contributed by atoms with E-state index in [1.54, 1.807) is 0 Å². The fourth-order valence-corrected chi connectivity index (χ4v) is 1.65. The summed E-state index contributed by atoms with van der Waals surface area (Å²) in [5.74, 6) is -0.188. The van der Waals surface area contributed by atoms with E-state index >= 15 is 0 Å². The van der Waals surface area contributed by atoms with Gasteiger partial charge in [0.05, 0.1) is 11.0 Å². The van der Waals surface area contributed by atoms with Crippen LogP contribution < -0.4 is 16.1 Å². The lowest BCUT2D eigenvalue weighted by molar-refractivity contribution is -0.386. The summed E-state index contributed by atoms with van der Waals surface area (Å²) in [6, 6.07) is 1.16. The molecule has 0 radical (unpaired) electrons. The fraction of sp³-hybridized carbons (Fsp3) is 0.500. The van der Waals surface area contributed by atoms with E-state index < -0.39 is 27.9 Å². The molecule has 1 atom stereocenters. The summed E-state index contributed by atoms with van der Waals surface area (Å²) < 4.78 is 1.64. The molecular weight excluding hydrogens is 254 g/mol. The quantitative estimate of drug-likeness (QED) is 0.530. The van der Waals surface area contributed by atoms with Gasteiger partial charge in [-0.1, -0.05) is 0 Å². The van der Waals surface area contributed by atoms with Crippen LogP contribution in [0, 0.1) is 21.4 Å². The molecule has 0 bridgehead atoms. The van der Waals surface area contributed by atoms with Gasteiger partial charge in [0.1, 0.15) is 6.04 Å². The van der Waals surface area contributed by atoms with Crippen molar-refractivity contribution in [2.24, 2.45) is 14.1 Å². The topological polar surface area (TPSA) is 114 Å². The molecule has 9 heteroatoms. The smallest absolute Gasteiger partial charge is 0.339 e. The summed E-state index contributed by atoms with van der Waals surface area (Å²) in [5.41, 5.74) is -2.42. The molecule has 0 aliphatic carbocycles. The van der Waals surface area contributed by atoms with Crippen LogP contribution in [0.3, 0.4) is 0 Å². The highest BCUT2D eigenvalue weighted by molar-refractivity contribution is 5.58. The molecule has 19 heavy (non-hydrogen) atoms. The minimum Gasteiger partial charge on any atom is -0.339 e. The normalized spacial score (nSPS) is 11.7. The molecule has 0 saturated heterocycles. The first kappa shape index (κ1) is 14.4. The summed E-state index contributed by atoms with van der Waals surface area (Å²) in [5, 5.41) is 19.9. The van der Waals surface area contributed by atoms with E-state index in [1.165, 1.54) is 25.9 Å². The molecule has 0 amide bonds. The van der Waals surface area contributed by atoms with Gasteiger partial charge in [0.15, 0.2) is 5.82 Å². The maximum Gasteiger partial charge on any atom is 0.374 e. The monoisotopic (exact) mass is 267 g/mol. The van der Waals surface area contributed by atoms with Gasteiger partial charge in [0.2, 0.25) is 0 Å². The molecule has 0 aromatic carbocycles. The van der Waals surface area contributed by atoms with E-state index in [1.807, 2.05) is 6.07 Å². The van der Waals surface area contributed by atoms with Crippen molar-refractivity contribution in [2.45, 2.75) is 13.0 Å². The zero-order chi connectivity index (χ0) is 14.9. The second kappa shape index (κ2) is 4.93. The van der Waals surface area contributed by atoms with Gasteiger partial charge < -0.3 is 4.90 Å². The van der Waals surface area contributed by atoms with Crippen molar-refractivity contribution in [3.05, 3.63) is 31.0 Å². The number of aromatic nitrogens is 2. The van der Waals surface area contributed by atoms with Crippen LogP contribution >= 0.6 is 0 Å². The number of nitrogens with zero attached hydrogens (tertiary/aromatic N) is 5. The van der Waals surface area contributed by atoms with Gasteiger partial charge in [-0.15, -0.1) is 0 Å². The van der Waals surface area contributed by atoms with E-state index in [2.05, 4.69) is 0 Å². The summed E-state index contributed by atoms with van der Waals surface area (Å²) >= 11 is 0. The summed E-state index contributed by atoms with van der Waals surface area (Å²) in [6.45, 7) is 1.51. The third-order valence-electron chi connectivity index (χ3n) is 2.90. The van der Waals surface area contributed by atoms with E-state index in [0.717, 1.165) is 11.6 Å². The number of hydrogen-bond acceptors (Lipinski definition) is 6. The molecule has 0 aliphatic rings. The molecule has 0 saturated carbocycles. The third-order valence-corrected chi connectivity index (χ3v) is 2.90. The number of anilines is 1. The first-order chi connectivity index (χ1) is 8.73. The van der Waals surface area contributed by atoms with Crippen LogP contribution in [0.5, 0.6) is 0 Å². The van der Waals surface area contributed by atoms with Crippen molar-refractivity contribution in [2.75, 3.05) is 11.9 Å². The minimum absolute atomic E-state index is 0.188. The van der Waals surface area contributed by atoms with Crippen LogP contribution in [0.25, 0.3) is 0 Å². The lowest BCUT2D eigenvalue weighted by Gasteiger charge is -2.23. The maximum atomic E-state index is 11.8. The molecule has 1 heterocycles. The molecule has 0 spiro atoms. The SMILES string of the molecule is C[C@@H](C#N)N(C)c1c([N+](=O)[O-])c(=O)n(C)c(=O)n1C. The zero-order valence-electron chi connectivity index (χ0n) is 10.9. The minimum atomic E-state index is -1.000. The summed E-state index contributed by atoms with van der Waals surface area (Å²) in [7, 11) is 3.88. The maximum absolute atomic E-state index is 11.8. The van der Waals surface area contributed by atoms with Crippen LogP contribution in [0.2, 0.25) is 0 Å². The number of nitro groups is 1. The number of rotatable bonds is 3. The molecule has 1 rings (SSSR count). The highest BCUT2D eigenvalue weighted by Crippen LogP contribution is 2.22. The van der Waals surface area contributed by atoms with Crippen LogP contribution in [0.15, 0.2) is 9.59 Å². The first-order valence-corrected chi connectivity index (χ1v) is 5.30. The molecule has 9 nitrogen and oxygen atoms in total. The Bertz CT molecular complexity index is 681. The van der Waals surface area contributed by atoms with Crippen LogP contribution in [0.4, 0.5) is 11.5 Å².